The van der Waals surface area contributed by atoms with Gasteiger partial charge in [0.1, 0.15) is 12.2 Å². The van der Waals surface area contributed by atoms with Gasteiger partial charge in [0, 0.05) is 19.5 Å². The number of aromatic nitrogens is 4. The Hall–Kier alpha value is -2.74. The summed E-state index contributed by atoms with van der Waals surface area (Å²) in [5.41, 5.74) is 0.895. The number of nitrogens with zero attached hydrogens (tertiary/aromatic N) is 4. The molecule has 2 aromatic rings. The van der Waals surface area contributed by atoms with Crippen LogP contribution in [0, 0.1) is 11.8 Å². The van der Waals surface area contributed by atoms with E-state index in [4.69, 9.17) is 4.74 Å². The number of hydrogen-bond acceptors (Lipinski definition) is 8. The molecule has 1 saturated heterocycles. The van der Waals surface area contributed by atoms with Gasteiger partial charge in [-0.05, 0) is 26.2 Å². The van der Waals surface area contributed by atoms with Crippen molar-refractivity contribution in [3.63, 3.8) is 0 Å². The van der Waals surface area contributed by atoms with Gasteiger partial charge >= 0.3 is 0 Å². The number of ether oxygens (including phenoxy) is 1. The number of carbonyl (C=O) groups is 1. The van der Waals surface area contributed by atoms with E-state index in [0.29, 0.717) is 35.9 Å². The van der Waals surface area contributed by atoms with Crippen LogP contribution in [0.4, 0.5) is 5.82 Å². The van der Waals surface area contributed by atoms with E-state index >= 15 is 0 Å². The first-order valence-corrected chi connectivity index (χ1v) is 11.3. The summed E-state index contributed by atoms with van der Waals surface area (Å²) < 4.78 is 7.23. The van der Waals surface area contributed by atoms with Gasteiger partial charge in [0.2, 0.25) is 5.82 Å². The molecule has 0 bridgehead atoms. The molecule has 0 spiro atoms. The van der Waals surface area contributed by atoms with Crippen LogP contribution in [0.3, 0.4) is 0 Å². The third kappa shape index (κ3) is 5.18. The van der Waals surface area contributed by atoms with E-state index in [2.05, 4.69) is 44.4 Å². The Labute approximate surface area is 187 Å². The van der Waals surface area contributed by atoms with Crippen molar-refractivity contribution in [3.8, 4) is 11.8 Å². The fourth-order valence-corrected chi connectivity index (χ4v) is 3.61. The normalized spacial score (nSPS) is 22.5. The number of carbonyl (C=O) groups excluding carboxylic acids is 1. The van der Waals surface area contributed by atoms with Crippen LogP contribution >= 0.6 is 0 Å². The average molecular weight is 445 g/mol. The second-order valence-corrected chi connectivity index (χ2v) is 7.69. The Balaban J connectivity index is 1.90. The number of anilines is 1. The van der Waals surface area contributed by atoms with Crippen molar-refractivity contribution < 1.29 is 19.7 Å². The molecule has 10 nitrogen and oxygen atoms in total. The van der Waals surface area contributed by atoms with Crippen LogP contribution in [0.25, 0.3) is 11.2 Å². The molecule has 0 aromatic carbocycles. The van der Waals surface area contributed by atoms with Gasteiger partial charge in [-0.2, -0.15) is 0 Å². The van der Waals surface area contributed by atoms with Gasteiger partial charge < -0.3 is 25.6 Å². The monoisotopic (exact) mass is 444 g/mol. The minimum absolute atomic E-state index is 0.332. The maximum absolute atomic E-state index is 12.2. The zero-order valence-electron chi connectivity index (χ0n) is 18.8. The van der Waals surface area contributed by atoms with Gasteiger partial charge in [0.15, 0.2) is 29.3 Å². The second kappa shape index (κ2) is 11.2. The summed E-state index contributed by atoms with van der Waals surface area (Å²) in [7, 11) is 0. The lowest BCUT2D eigenvalue weighted by molar-refractivity contribution is -0.137. The van der Waals surface area contributed by atoms with Crippen molar-refractivity contribution in [2.24, 2.45) is 0 Å². The van der Waals surface area contributed by atoms with Gasteiger partial charge in [-0.3, -0.25) is 9.36 Å². The van der Waals surface area contributed by atoms with Crippen LogP contribution < -0.4 is 10.6 Å². The smallest absolute Gasteiger partial charge is 0.252 e. The highest BCUT2D eigenvalue weighted by molar-refractivity contribution is 5.84. The minimum Gasteiger partial charge on any atom is -0.387 e. The van der Waals surface area contributed by atoms with Crippen LogP contribution in [-0.4, -0.2) is 67.0 Å². The summed E-state index contributed by atoms with van der Waals surface area (Å²) in [5, 5.41) is 26.7. The lowest BCUT2D eigenvalue weighted by atomic mass is 10.1. The molecule has 1 fully saturated rings. The van der Waals surface area contributed by atoms with Crippen molar-refractivity contribution in [2.75, 3.05) is 18.4 Å². The van der Waals surface area contributed by atoms with E-state index in [1.165, 1.54) is 23.7 Å². The fourth-order valence-electron chi connectivity index (χ4n) is 3.61. The largest absolute Gasteiger partial charge is 0.387 e. The van der Waals surface area contributed by atoms with E-state index in [9.17, 15) is 15.0 Å². The number of likely N-dealkylation sites (N-methyl/N-ethyl adjacent to an activating group) is 1. The molecular formula is C22H32N6O4. The molecule has 1 aliphatic heterocycles. The van der Waals surface area contributed by atoms with Crippen molar-refractivity contribution in [2.45, 2.75) is 77.4 Å². The first-order valence-electron chi connectivity index (χ1n) is 11.3. The quantitative estimate of drug-likeness (QED) is 0.336. The standard InChI is InChI=1S/C22H32N6O4/c1-4-7-8-9-10-11-12-14-26-19(23-5-2)15-20(27-14)28(13-25-15)22-17(30)16(29)18(32-22)21(31)24-6-3/h13,16-18,22,29-30H,4-10H2,1-3H3,(H,24,31)(H,23,26,27)/t16-,17+,18-,22+/m0/s1. The predicted molar refractivity (Wildman–Crippen MR) is 120 cm³/mol. The summed E-state index contributed by atoms with van der Waals surface area (Å²) in [6.45, 7) is 6.90. The highest BCUT2D eigenvalue weighted by atomic mass is 16.6. The molecule has 4 atom stereocenters. The summed E-state index contributed by atoms with van der Waals surface area (Å²) in [6.07, 6.45) is 1.85. The second-order valence-electron chi connectivity index (χ2n) is 7.69. The molecule has 0 radical (unpaired) electrons. The minimum atomic E-state index is -1.37. The number of hydrogen-bond donors (Lipinski definition) is 4. The van der Waals surface area contributed by atoms with Crippen molar-refractivity contribution in [3.05, 3.63) is 12.2 Å². The first kappa shape index (κ1) is 23.9. The first-order chi connectivity index (χ1) is 15.5. The Morgan fingerprint density at radius 2 is 1.97 bits per heavy atom. The molecule has 4 N–H and O–H groups in total. The van der Waals surface area contributed by atoms with Crippen LogP contribution in [0.1, 0.15) is 64.9 Å². The number of rotatable bonds is 9. The van der Waals surface area contributed by atoms with Crippen LogP contribution in [0.15, 0.2) is 6.33 Å². The van der Waals surface area contributed by atoms with Gasteiger partial charge in [-0.1, -0.05) is 32.1 Å². The molecule has 174 valence electrons. The zero-order valence-corrected chi connectivity index (χ0v) is 18.8. The summed E-state index contributed by atoms with van der Waals surface area (Å²) in [6, 6.07) is 0. The van der Waals surface area contributed by atoms with Gasteiger partial charge in [-0.15, -0.1) is 0 Å². The Bertz CT molecular complexity index is 982. The Morgan fingerprint density at radius 3 is 2.69 bits per heavy atom. The summed E-state index contributed by atoms with van der Waals surface area (Å²) >= 11 is 0. The number of fused-ring (bicyclic) bond motifs is 1. The van der Waals surface area contributed by atoms with Gasteiger partial charge in [0.05, 0.1) is 6.33 Å². The molecule has 3 rings (SSSR count). The molecule has 1 aliphatic rings. The molecule has 1 amide bonds. The SMILES string of the molecule is CCCCCCC#Cc1nc(NCC)c2ncn([C@@H]3O[C@H](C(=O)NCC)[C@@H](O)[C@H]3O)c2n1. The van der Waals surface area contributed by atoms with Gasteiger partial charge in [-0.25, -0.2) is 15.0 Å². The fraction of sp³-hybridized carbons (Fsp3) is 0.636. The Morgan fingerprint density at radius 1 is 1.16 bits per heavy atom. The predicted octanol–water partition coefficient (Wildman–Crippen LogP) is 1.34. The maximum Gasteiger partial charge on any atom is 0.252 e. The van der Waals surface area contributed by atoms with Crippen LogP contribution in [-0.2, 0) is 9.53 Å². The Kier molecular flexibility index (Phi) is 8.39. The van der Waals surface area contributed by atoms with Crippen molar-refractivity contribution >= 4 is 22.9 Å². The van der Waals surface area contributed by atoms with Gasteiger partial charge in [0.25, 0.3) is 5.91 Å². The van der Waals surface area contributed by atoms with Crippen LogP contribution in [0.2, 0.25) is 0 Å². The van der Waals surface area contributed by atoms with E-state index in [0.717, 1.165) is 19.3 Å². The topological polar surface area (TPSA) is 134 Å². The molecule has 0 aliphatic carbocycles. The summed E-state index contributed by atoms with van der Waals surface area (Å²) in [4.78, 5) is 25.6. The van der Waals surface area contributed by atoms with Crippen molar-refractivity contribution in [1.82, 2.24) is 24.8 Å². The number of aliphatic hydroxyl groups excluding tert-OH is 2. The number of amides is 1. The molecule has 32 heavy (non-hydrogen) atoms. The molecule has 0 unspecified atom stereocenters. The molecule has 3 heterocycles. The van der Waals surface area contributed by atoms with E-state index in [1.54, 1.807) is 6.92 Å². The van der Waals surface area contributed by atoms with Crippen LogP contribution in [0.5, 0.6) is 0 Å². The molecular weight excluding hydrogens is 412 g/mol. The number of unbranched alkanes of at least 4 members (excludes halogenated alkanes) is 4. The number of aliphatic hydroxyl groups is 2. The average Bonchev–Trinajstić information content (AvgIpc) is 3.32. The highest BCUT2D eigenvalue weighted by Gasteiger charge is 2.47. The molecule has 10 heteroatoms. The third-order valence-corrected chi connectivity index (χ3v) is 5.24. The summed E-state index contributed by atoms with van der Waals surface area (Å²) in [5.74, 6) is 6.51. The molecule has 2 aromatic heterocycles. The highest BCUT2D eigenvalue weighted by Crippen LogP contribution is 2.32. The van der Waals surface area contributed by atoms with E-state index in [1.807, 2.05) is 6.92 Å². The van der Waals surface area contributed by atoms with E-state index in [-0.39, 0.29) is 0 Å². The lowest BCUT2D eigenvalue weighted by Crippen LogP contribution is -2.42. The third-order valence-electron chi connectivity index (χ3n) is 5.24. The van der Waals surface area contributed by atoms with Crippen molar-refractivity contribution in [1.29, 1.82) is 0 Å². The number of imidazole rings is 1. The molecule has 0 saturated carbocycles. The number of nitrogens with one attached hydrogen (secondary N) is 2. The zero-order chi connectivity index (χ0) is 23.1. The maximum atomic E-state index is 12.2. The van der Waals surface area contributed by atoms with E-state index < -0.39 is 30.4 Å². The lowest BCUT2D eigenvalue weighted by Gasteiger charge is -2.16.